The van der Waals surface area contributed by atoms with E-state index in [1.54, 1.807) is 0 Å². The molecule has 2 atom stereocenters. The number of ether oxygens (including phenoxy) is 2. The van der Waals surface area contributed by atoms with Crippen molar-refractivity contribution in [3.05, 3.63) is 0 Å². The SMILES string of the molecule is C#CCC(S(=O)[O-])C1(C=O)OCCO1. The molecule has 5 nitrogen and oxygen atoms in total. The van der Waals surface area contributed by atoms with Gasteiger partial charge in [0.05, 0.1) is 18.5 Å². The molecule has 1 fully saturated rings. The Morgan fingerprint density at radius 3 is 2.57 bits per heavy atom. The van der Waals surface area contributed by atoms with Crippen LogP contribution < -0.4 is 0 Å². The van der Waals surface area contributed by atoms with Gasteiger partial charge in [-0.3, -0.25) is 9.00 Å². The first kappa shape index (κ1) is 11.3. The van der Waals surface area contributed by atoms with E-state index in [9.17, 15) is 13.6 Å². The predicted octanol–water partition coefficient (Wildman–Crippen LogP) is -0.801. The molecule has 0 spiro atoms. The Morgan fingerprint density at radius 1 is 1.64 bits per heavy atom. The minimum Gasteiger partial charge on any atom is -0.772 e. The highest BCUT2D eigenvalue weighted by Gasteiger charge is 2.45. The Bertz CT molecular complexity index is 276. The predicted molar refractivity (Wildman–Crippen MR) is 46.9 cm³/mol. The average molecular weight is 217 g/mol. The number of rotatable bonds is 4. The molecule has 0 aromatic carbocycles. The van der Waals surface area contributed by atoms with Gasteiger partial charge < -0.3 is 14.0 Å². The Morgan fingerprint density at radius 2 is 2.21 bits per heavy atom. The molecular weight excluding hydrogens is 208 g/mol. The Labute approximate surface area is 84.1 Å². The lowest BCUT2D eigenvalue weighted by Crippen LogP contribution is -2.47. The van der Waals surface area contributed by atoms with E-state index in [0.29, 0.717) is 6.29 Å². The fraction of sp³-hybridized carbons (Fsp3) is 0.625. The molecule has 1 rings (SSSR count). The van der Waals surface area contributed by atoms with Crippen LogP contribution >= 0.6 is 0 Å². The van der Waals surface area contributed by atoms with Crippen molar-refractivity contribution in [2.24, 2.45) is 0 Å². The zero-order chi connectivity index (χ0) is 10.6. The van der Waals surface area contributed by atoms with Crippen LogP contribution in [0.4, 0.5) is 0 Å². The number of aldehydes is 1. The van der Waals surface area contributed by atoms with Crippen molar-refractivity contribution < 1.29 is 23.0 Å². The molecule has 0 bridgehead atoms. The number of hydrogen-bond acceptors (Lipinski definition) is 5. The molecule has 0 aliphatic carbocycles. The normalized spacial score (nSPS) is 23.7. The quantitative estimate of drug-likeness (QED) is 0.350. The second kappa shape index (κ2) is 4.66. The van der Waals surface area contributed by atoms with Crippen LogP contribution in [0.15, 0.2) is 0 Å². The summed E-state index contributed by atoms with van der Waals surface area (Å²) in [6, 6.07) is 0. The van der Waals surface area contributed by atoms with Crippen molar-refractivity contribution in [1.29, 1.82) is 0 Å². The molecule has 0 radical (unpaired) electrons. The van der Waals surface area contributed by atoms with E-state index in [2.05, 4.69) is 5.92 Å². The summed E-state index contributed by atoms with van der Waals surface area (Å²) < 4.78 is 31.6. The van der Waals surface area contributed by atoms with E-state index in [4.69, 9.17) is 15.9 Å². The fourth-order valence-corrected chi connectivity index (χ4v) is 1.92. The molecule has 6 heteroatoms. The van der Waals surface area contributed by atoms with Gasteiger partial charge in [0.2, 0.25) is 5.79 Å². The Kier molecular flexibility index (Phi) is 3.77. The maximum absolute atomic E-state index is 10.8. The van der Waals surface area contributed by atoms with Crippen molar-refractivity contribution in [2.75, 3.05) is 13.2 Å². The van der Waals surface area contributed by atoms with Gasteiger partial charge in [-0.05, 0) is 11.1 Å². The van der Waals surface area contributed by atoms with Crippen molar-refractivity contribution >= 4 is 17.4 Å². The smallest absolute Gasteiger partial charge is 0.240 e. The highest BCUT2D eigenvalue weighted by molar-refractivity contribution is 7.79. The van der Waals surface area contributed by atoms with Crippen LogP contribution in [0.1, 0.15) is 6.42 Å². The molecule has 0 aromatic rings. The van der Waals surface area contributed by atoms with Crippen LogP contribution in [0.3, 0.4) is 0 Å². The Hall–Kier alpha value is -0.740. The van der Waals surface area contributed by atoms with Gasteiger partial charge in [-0.2, -0.15) is 0 Å². The average Bonchev–Trinajstić information content (AvgIpc) is 2.63. The molecule has 0 N–H and O–H groups in total. The molecule has 0 saturated carbocycles. The van der Waals surface area contributed by atoms with Gasteiger partial charge in [0.1, 0.15) is 0 Å². The standard InChI is InChI=1S/C8H10O5S/c1-2-3-7(14(10)11)8(6-9)12-4-5-13-8/h1,6-7H,3-5H2,(H,10,11)/p-1. The molecule has 1 aliphatic heterocycles. The summed E-state index contributed by atoms with van der Waals surface area (Å²) in [6.45, 7) is 0.383. The maximum atomic E-state index is 10.8. The monoisotopic (exact) mass is 217 g/mol. The van der Waals surface area contributed by atoms with Crippen molar-refractivity contribution in [3.8, 4) is 12.3 Å². The highest BCUT2D eigenvalue weighted by Crippen LogP contribution is 2.26. The summed E-state index contributed by atoms with van der Waals surface area (Å²) in [5.41, 5.74) is 0. The summed E-state index contributed by atoms with van der Waals surface area (Å²) in [5, 5.41) is -1.15. The van der Waals surface area contributed by atoms with Crippen LogP contribution in [0, 0.1) is 12.3 Å². The van der Waals surface area contributed by atoms with Crippen LogP contribution in [0.5, 0.6) is 0 Å². The molecule has 78 valence electrons. The molecule has 1 saturated heterocycles. The number of hydrogen-bond donors (Lipinski definition) is 0. The zero-order valence-corrected chi connectivity index (χ0v) is 8.12. The zero-order valence-electron chi connectivity index (χ0n) is 7.30. The summed E-state index contributed by atoms with van der Waals surface area (Å²) in [6.07, 6.45) is 5.23. The lowest BCUT2D eigenvalue weighted by molar-refractivity contribution is -0.167. The van der Waals surface area contributed by atoms with E-state index < -0.39 is 22.1 Å². The molecule has 14 heavy (non-hydrogen) atoms. The molecule has 1 heterocycles. The van der Waals surface area contributed by atoms with E-state index >= 15 is 0 Å². The highest BCUT2D eigenvalue weighted by atomic mass is 32.2. The van der Waals surface area contributed by atoms with Gasteiger partial charge in [-0.15, -0.1) is 12.3 Å². The fourth-order valence-electron chi connectivity index (χ4n) is 1.23. The third-order valence-corrected chi connectivity index (χ3v) is 2.85. The van der Waals surface area contributed by atoms with Crippen molar-refractivity contribution in [2.45, 2.75) is 17.5 Å². The van der Waals surface area contributed by atoms with Gasteiger partial charge >= 0.3 is 0 Å². The summed E-state index contributed by atoms with van der Waals surface area (Å²) in [5.74, 6) is 0.464. The van der Waals surface area contributed by atoms with Crippen LogP contribution in [-0.2, 0) is 25.3 Å². The van der Waals surface area contributed by atoms with Gasteiger partial charge in [0.15, 0.2) is 6.29 Å². The minimum absolute atomic E-state index is 0.116. The first-order valence-corrected chi connectivity index (χ1v) is 5.06. The second-order valence-electron chi connectivity index (χ2n) is 2.69. The molecule has 0 aromatic heterocycles. The topological polar surface area (TPSA) is 75.7 Å². The summed E-state index contributed by atoms with van der Waals surface area (Å²) in [4.78, 5) is 10.8. The molecule has 0 amide bonds. The third kappa shape index (κ3) is 2.01. The summed E-state index contributed by atoms with van der Waals surface area (Å²) in [7, 11) is 0. The van der Waals surface area contributed by atoms with Crippen molar-refractivity contribution in [3.63, 3.8) is 0 Å². The Balaban J connectivity index is 2.89. The van der Waals surface area contributed by atoms with Gasteiger partial charge in [0, 0.05) is 6.42 Å². The van der Waals surface area contributed by atoms with E-state index in [-0.39, 0.29) is 19.6 Å². The van der Waals surface area contributed by atoms with Gasteiger partial charge in [-0.25, -0.2) is 0 Å². The number of carbonyl (C=O) groups excluding carboxylic acids is 1. The first-order chi connectivity index (χ1) is 6.66. The minimum atomic E-state index is -2.51. The third-order valence-electron chi connectivity index (χ3n) is 1.89. The number of terminal acetylenes is 1. The summed E-state index contributed by atoms with van der Waals surface area (Å²) >= 11 is -2.51. The molecular formula is C8H9O5S-. The molecule has 2 unspecified atom stereocenters. The van der Waals surface area contributed by atoms with Crippen molar-refractivity contribution in [1.82, 2.24) is 0 Å². The first-order valence-electron chi connectivity index (χ1n) is 3.92. The largest absolute Gasteiger partial charge is 0.772 e. The lowest BCUT2D eigenvalue weighted by Gasteiger charge is -2.30. The van der Waals surface area contributed by atoms with Gasteiger partial charge in [-0.1, -0.05) is 0 Å². The van der Waals surface area contributed by atoms with Crippen LogP contribution in [0.2, 0.25) is 0 Å². The number of carbonyl (C=O) groups is 1. The van der Waals surface area contributed by atoms with Gasteiger partial charge in [0.25, 0.3) is 0 Å². The van der Waals surface area contributed by atoms with Crippen LogP contribution in [0.25, 0.3) is 0 Å². The van der Waals surface area contributed by atoms with E-state index in [1.165, 1.54) is 0 Å². The van der Waals surface area contributed by atoms with Crippen LogP contribution in [-0.4, -0.2) is 39.3 Å². The second-order valence-corrected chi connectivity index (χ2v) is 3.78. The van der Waals surface area contributed by atoms with E-state index in [0.717, 1.165) is 0 Å². The lowest BCUT2D eigenvalue weighted by atomic mass is 10.1. The maximum Gasteiger partial charge on any atom is 0.240 e. The van der Waals surface area contributed by atoms with E-state index in [1.807, 2.05) is 0 Å². The molecule has 1 aliphatic rings.